The fourth-order valence-electron chi connectivity index (χ4n) is 4.81. The molecule has 1 atom stereocenters. The van der Waals surface area contributed by atoms with E-state index in [0.717, 1.165) is 12.0 Å². The summed E-state index contributed by atoms with van der Waals surface area (Å²) in [7, 11) is 0. The van der Waals surface area contributed by atoms with Gasteiger partial charge in [0, 0.05) is 50.7 Å². The summed E-state index contributed by atoms with van der Waals surface area (Å²) >= 11 is 0. The number of carbonyl (C=O) groups is 3. The fourth-order valence-corrected chi connectivity index (χ4v) is 4.81. The number of phenols is 1. The highest BCUT2D eigenvalue weighted by Crippen LogP contribution is 2.17. The van der Waals surface area contributed by atoms with Gasteiger partial charge in [-0.25, -0.2) is 0 Å². The molecule has 47 heavy (non-hydrogen) atoms. The molecule has 4 rings (SSSR count). The second-order valence-corrected chi connectivity index (χ2v) is 10.9. The van der Waals surface area contributed by atoms with E-state index < -0.39 is 24.4 Å². The molecule has 3 amide bonds. The summed E-state index contributed by atoms with van der Waals surface area (Å²) in [6.07, 6.45) is 2.81. The molecule has 0 aliphatic rings. The Morgan fingerprint density at radius 2 is 1.53 bits per heavy atom. The molecule has 9 N–H and O–H groups in total. The highest BCUT2D eigenvalue weighted by atomic mass is 16.3. The lowest BCUT2D eigenvalue weighted by atomic mass is 10.1. The van der Waals surface area contributed by atoms with Crippen LogP contribution in [-0.2, 0) is 27.3 Å². The average Bonchev–Trinajstić information content (AvgIpc) is 3.09. The normalized spacial score (nSPS) is 11.2. The molecular weight excluding hydrogens is 598 g/mol. The Morgan fingerprint density at radius 1 is 0.894 bits per heavy atom. The van der Waals surface area contributed by atoms with Crippen molar-refractivity contribution < 1.29 is 19.5 Å². The van der Waals surface area contributed by atoms with Crippen molar-refractivity contribution in [3.8, 4) is 5.75 Å². The molecule has 0 radical (unpaired) electrons. The molecule has 0 saturated carbocycles. The van der Waals surface area contributed by atoms with Gasteiger partial charge in [-0.05, 0) is 48.2 Å². The van der Waals surface area contributed by atoms with Crippen LogP contribution in [0.2, 0.25) is 0 Å². The second kappa shape index (κ2) is 18.8. The number of pyridine rings is 1. The minimum atomic E-state index is -0.998. The van der Waals surface area contributed by atoms with Crippen LogP contribution < -0.4 is 33.3 Å². The number of nitrogens with zero attached hydrogens (tertiary/aromatic N) is 2. The van der Waals surface area contributed by atoms with Crippen molar-refractivity contribution in [3.63, 3.8) is 0 Å². The predicted octanol–water partition coefficient (Wildman–Crippen LogP) is 1.91. The van der Waals surface area contributed by atoms with Crippen LogP contribution in [-0.4, -0.2) is 71.1 Å². The van der Waals surface area contributed by atoms with E-state index in [4.69, 9.17) is 17.2 Å². The fraction of sp³-hybridized carbons (Fsp3) is 0.314. The van der Waals surface area contributed by atoms with Crippen LogP contribution >= 0.6 is 0 Å². The zero-order chi connectivity index (χ0) is 34.2. The Bertz CT molecular complexity index is 1650. The van der Waals surface area contributed by atoms with Crippen molar-refractivity contribution in [1.82, 2.24) is 14.8 Å². The van der Waals surface area contributed by atoms with Crippen LogP contribution in [0.15, 0.2) is 89.9 Å². The van der Waals surface area contributed by atoms with Gasteiger partial charge in [0.05, 0.1) is 18.1 Å². The summed E-state index contributed by atoms with van der Waals surface area (Å²) in [5.41, 5.74) is 19.6. The van der Waals surface area contributed by atoms with Gasteiger partial charge < -0.3 is 42.4 Å². The lowest BCUT2D eigenvalue weighted by molar-refractivity contribution is -0.131. The summed E-state index contributed by atoms with van der Waals surface area (Å²) in [6, 6.07) is 23.2. The minimum absolute atomic E-state index is 0.0401. The van der Waals surface area contributed by atoms with E-state index in [0.29, 0.717) is 43.6 Å². The standard InChI is InChI=1S/C27H35N7O5.C8H10/c28-11-13-33(14-12-29)25(37)10-9-21(30)27(39)31-15-24(36)32-22-17-34(16-18-5-7-19(35)8-6-18)23-4-2-1-3-20(23)26(22)38;1-2-8-6-4-3-5-7-8/h1-8,17,21,35H,9-16,28-30H2,(H,31,39)(H,32,36);3-7H,2H2,1H3. The Kier molecular flexibility index (Phi) is 14.6. The van der Waals surface area contributed by atoms with E-state index in [1.807, 2.05) is 16.7 Å². The zero-order valence-electron chi connectivity index (χ0n) is 26.7. The van der Waals surface area contributed by atoms with Gasteiger partial charge >= 0.3 is 0 Å². The second-order valence-electron chi connectivity index (χ2n) is 10.9. The number of rotatable bonds is 14. The summed E-state index contributed by atoms with van der Waals surface area (Å²) < 4.78 is 1.82. The van der Waals surface area contributed by atoms with Crippen LogP contribution in [0.1, 0.15) is 30.9 Å². The maximum Gasteiger partial charge on any atom is 0.243 e. The first-order valence-corrected chi connectivity index (χ1v) is 15.6. The highest BCUT2D eigenvalue weighted by Gasteiger charge is 2.19. The molecule has 0 bridgehead atoms. The molecule has 1 aromatic heterocycles. The number of hydrogen-bond donors (Lipinski definition) is 6. The largest absolute Gasteiger partial charge is 0.508 e. The first kappa shape index (κ1) is 36.4. The molecule has 1 heterocycles. The maximum atomic E-state index is 13.0. The third-order valence-electron chi connectivity index (χ3n) is 7.38. The summed E-state index contributed by atoms with van der Waals surface area (Å²) in [4.78, 5) is 51.9. The minimum Gasteiger partial charge on any atom is -0.508 e. The van der Waals surface area contributed by atoms with Crippen molar-refractivity contribution in [2.45, 2.75) is 38.8 Å². The number of nitrogens with one attached hydrogen (secondary N) is 2. The number of benzene rings is 3. The van der Waals surface area contributed by atoms with Crippen LogP contribution in [0.3, 0.4) is 0 Å². The molecule has 0 fully saturated rings. The van der Waals surface area contributed by atoms with Crippen molar-refractivity contribution >= 4 is 34.3 Å². The quantitative estimate of drug-likeness (QED) is 0.120. The molecule has 12 nitrogen and oxygen atoms in total. The van der Waals surface area contributed by atoms with Gasteiger partial charge in [-0.3, -0.25) is 19.2 Å². The van der Waals surface area contributed by atoms with Gasteiger partial charge in [0.2, 0.25) is 23.2 Å². The number of phenolic OH excluding ortho intramolecular Hbond substituents is 1. The topological polar surface area (TPSA) is 199 Å². The number of anilines is 1. The summed E-state index contributed by atoms with van der Waals surface area (Å²) in [6.45, 7) is 3.47. The van der Waals surface area contributed by atoms with Gasteiger partial charge in [0.25, 0.3) is 0 Å². The lowest BCUT2D eigenvalue weighted by Gasteiger charge is -2.22. The maximum absolute atomic E-state index is 13.0. The Balaban J connectivity index is 0.000000653. The van der Waals surface area contributed by atoms with Gasteiger partial charge in [0.15, 0.2) is 0 Å². The highest BCUT2D eigenvalue weighted by molar-refractivity contribution is 5.96. The number of amides is 3. The van der Waals surface area contributed by atoms with E-state index in [1.54, 1.807) is 48.7 Å². The molecule has 0 aliphatic carbocycles. The molecule has 3 aromatic carbocycles. The Hall–Kier alpha value is -5.04. The van der Waals surface area contributed by atoms with Gasteiger partial charge in [-0.2, -0.15) is 0 Å². The van der Waals surface area contributed by atoms with Crippen molar-refractivity contribution in [1.29, 1.82) is 0 Å². The van der Waals surface area contributed by atoms with E-state index in [1.165, 1.54) is 10.5 Å². The number of para-hydroxylation sites is 1. The molecular formula is C35H45N7O5. The number of fused-ring (bicyclic) bond motifs is 1. The number of carbonyl (C=O) groups excluding carboxylic acids is 3. The van der Waals surface area contributed by atoms with Crippen LogP contribution in [0.25, 0.3) is 10.9 Å². The van der Waals surface area contributed by atoms with Gasteiger partial charge in [-0.15, -0.1) is 0 Å². The third-order valence-corrected chi connectivity index (χ3v) is 7.38. The van der Waals surface area contributed by atoms with Gasteiger partial charge in [0.1, 0.15) is 11.4 Å². The smallest absolute Gasteiger partial charge is 0.243 e. The zero-order valence-corrected chi connectivity index (χ0v) is 26.7. The van der Waals surface area contributed by atoms with Crippen molar-refractivity contribution in [3.05, 3.63) is 106 Å². The van der Waals surface area contributed by atoms with Crippen LogP contribution in [0.5, 0.6) is 5.75 Å². The van der Waals surface area contributed by atoms with E-state index in [2.05, 4.69) is 41.8 Å². The van der Waals surface area contributed by atoms with E-state index >= 15 is 0 Å². The molecule has 1 unspecified atom stereocenters. The van der Waals surface area contributed by atoms with Gasteiger partial charge in [-0.1, -0.05) is 61.5 Å². The Morgan fingerprint density at radius 3 is 2.15 bits per heavy atom. The molecule has 12 heteroatoms. The Labute approximate surface area is 274 Å². The monoisotopic (exact) mass is 643 g/mol. The van der Waals surface area contributed by atoms with Crippen molar-refractivity contribution in [2.24, 2.45) is 17.2 Å². The van der Waals surface area contributed by atoms with Crippen molar-refractivity contribution in [2.75, 3.05) is 38.0 Å². The molecule has 250 valence electrons. The SMILES string of the molecule is CCc1ccccc1.NCCN(CCN)C(=O)CCC(N)C(=O)NCC(=O)Nc1cn(Cc2ccc(O)cc2)c2ccccc2c1=O. The first-order chi connectivity index (χ1) is 22.7. The third kappa shape index (κ3) is 11.4. The average molecular weight is 644 g/mol. The molecule has 0 saturated heterocycles. The summed E-state index contributed by atoms with van der Waals surface area (Å²) in [5, 5.41) is 15.0. The van der Waals surface area contributed by atoms with Crippen LogP contribution in [0, 0.1) is 0 Å². The number of aromatic nitrogens is 1. The summed E-state index contributed by atoms with van der Waals surface area (Å²) in [5.74, 6) is -1.26. The molecule has 0 spiro atoms. The van der Waals surface area contributed by atoms with E-state index in [-0.39, 0.29) is 35.6 Å². The molecule has 0 aliphatic heterocycles. The number of hydrogen-bond acceptors (Lipinski definition) is 8. The lowest BCUT2D eigenvalue weighted by Crippen LogP contribution is -2.45. The predicted molar refractivity (Wildman–Crippen MR) is 185 cm³/mol. The number of aromatic hydroxyl groups is 1. The number of nitrogens with two attached hydrogens (primary N) is 3. The number of aryl methyl sites for hydroxylation is 1. The first-order valence-electron chi connectivity index (χ1n) is 15.6. The van der Waals surface area contributed by atoms with E-state index in [9.17, 15) is 24.3 Å². The molecule has 4 aromatic rings. The van der Waals surface area contributed by atoms with Crippen LogP contribution in [0.4, 0.5) is 5.69 Å².